The van der Waals surface area contributed by atoms with Crippen molar-refractivity contribution in [1.82, 2.24) is 0 Å². The Morgan fingerprint density at radius 3 is 2.65 bits per heavy atom. The van der Waals surface area contributed by atoms with Gasteiger partial charge < -0.3 is 9.47 Å². The summed E-state index contributed by atoms with van der Waals surface area (Å²) < 4.78 is 9.69. The fourth-order valence-electron chi connectivity index (χ4n) is 2.02. The van der Waals surface area contributed by atoms with Crippen molar-refractivity contribution < 1.29 is 19.1 Å². The van der Waals surface area contributed by atoms with Gasteiger partial charge in [0.25, 0.3) is 0 Å². The number of methoxy groups -OCH3 is 1. The van der Waals surface area contributed by atoms with Crippen molar-refractivity contribution in [3.8, 4) is 5.75 Å². The third-order valence-corrected chi connectivity index (χ3v) is 2.84. The number of fused-ring (bicyclic) bond motifs is 3. The fourth-order valence-corrected chi connectivity index (χ4v) is 2.02. The van der Waals surface area contributed by atoms with Crippen molar-refractivity contribution in [2.45, 2.75) is 0 Å². The van der Waals surface area contributed by atoms with Crippen LogP contribution in [-0.2, 0) is 4.74 Å². The van der Waals surface area contributed by atoms with E-state index in [1.165, 1.54) is 0 Å². The van der Waals surface area contributed by atoms with E-state index in [1.807, 2.05) is 6.07 Å². The molecule has 2 aromatic rings. The van der Waals surface area contributed by atoms with Crippen molar-refractivity contribution in [3.05, 3.63) is 41.5 Å². The van der Waals surface area contributed by atoms with Gasteiger partial charge >= 0.3 is 11.9 Å². The summed E-state index contributed by atoms with van der Waals surface area (Å²) in [5.74, 6) is -0.460. The molecule has 0 saturated heterocycles. The lowest BCUT2D eigenvalue weighted by molar-refractivity contribution is 0.0444. The molecule has 2 aromatic carbocycles. The van der Waals surface area contributed by atoms with Crippen molar-refractivity contribution in [1.29, 1.82) is 0 Å². The van der Waals surface area contributed by atoms with Crippen LogP contribution >= 0.6 is 0 Å². The number of carbonyl (C=O) groups is 2. The highest BCUT2D eigenvalue weighted by Crippen LogP contribution is 2.30. The van der Waals surface area contributed by atoms with Crippen LogP contribution < -0.4 is 4.74 Å². The Bertz CT molecular complexity index is 658. The zero-order chi connectivity index (χ0) is 12.0. The van der Waals surface area contributed by atoms with Crippen LogP contribution in [0, 0.1) is 0 Å². The molecule has 3 rings (SSSR count). The second kappa shape index (κ2) is 3.31. The molecule has 1 heterocycles. The molecule has 0 amide bonds. The average molecular weight is 228 g/mol. The van der Waals surface area contributed by atoms with E-state index in [-0.39, 0.29) is 0 Å². The van der Waals surface area contributed by atoms with E-state index >= 15 is 0 Å². The van der Waals surface area contributed by atoms with Gasteiger partial charge in [-0.25, -0.2) is 9.59 Å². The first kappa shape index (κ1) is 9.84. The van der Waals surface area contributed by atoms with E-state index in [9.17, 15) is 9.59 Å². The molecule has 84 valence electrons. The van der Waals surface area contributed by atoms with Gasteiger partial charge in [0, 0.05) is 0 Å². The van der Waals surface area contributed by atoms with Crippen LogP contribution in [0.2, 0.25) is 0 Å². The van der Waals surface area contributed by atoms with Gasteiger partial charge in [-0.05, 0) is 35.0 Å². The van der Waals surface area contributed by atoms with Crippen molar-refractivity contribution >= 4 is 22.7 Å². The van der Waals surface area contributed by atoms with Crippen LogP contribution in [-0.4, -0.2) is 19.0 Å². The molecular weight excluding hydrogens is 220 g/mol. The predicted molar refractivity (Wildman–Crippen MR) is 60.2 cm³/mol. The van der Waals surface area contributed by atoms with Gasteiger partial charge in [-0.1, -0.05) is 6.07 Å². The lowest BCUT2D eigenvalue weighted by Gasteiger charge is -2.04. The number of cyclic esters (lactones) is 2. The van der Waals surface area contributed by atoms with E-state index in [0.29, 0.717) is 22.3 Å². The predicted octanol–water partition coefficient (Wildman–Crippen LogP) is 2.16. The van der Waals surface area contributed by atoms with Crippen molar-refractivity contribution in [2.75, 3.05) is 7.11 Å². The number of rotatable bonds is 1. The lowest BCUT2D eigenvalue weighted by atomic mass is 10.0. The Balaban J connectivity index is 2.36. The molecule has 1 aliphatic heterocycles. The number of carbonyl (C=O) groups excluding carboxylic acids is 2. The highest BCUT2D eigenvalue weighted by Gasteiger charge is 2.31. The van der Waals surface area contributed by atoms with Crippen LogP contribution in [0.25, 0.3) is 10.8 Å². The summed E-state index contributed by atoms with van der Waals surface area (Å²) in [6, 6.07) is 8.69. The molecular formula is C13H8O4. The van der Waals surface area contributed by atoms with Crippen LogP contribution in [0.1, 0.15) is 20.7 Å². The minimum atomic E-state index is -0.583. The maximum atomic E-state index is 11.6. The lowest BCUT2D eigenvalue weighted by Crippen LogP contribution is -1.97. The molecule has 0 saturated carbocycles. The molecule has 4 heteroatoms. The molecule has 17 heavy (non-hydrogen) atoms. The van der Waals surface area contributed by atoms with Gasteiger partial charge in [0.15, 0.2) is 0 Å². The van der Waals surface area contributed by atoms with Crippen molar-refractivity contribution in [2.24, 2.45) is 0 Å². The van der Waals surface area contributed by atoms with Crippen LogP contribution in [0.3, 0.4) is 0 Å². The molecule has 4 nitrogen and oxygen atoms in total. The second-order valence-electron chi connectivity index (χ2n) is 3.75. The van der Waals surface area contributed by atoms with Crippen LogP contribution in [0.5, 0.6) is 5.75 Å². The number of hydrogen-bond acceptors (Lipinski definition) is 4. The average Bonchev–Trinajstić information content (AvgIpc) is 2.64. The van der Waals surface area contributed by atoms with Gasteiger partial charge in [0.2, 0.25) is 0 Å². The number of hydrogen-bond donors (Lipinski definition) is 0. The monoisotopic (exact) mass is 228 g/mol. The Kier molecular flexibility index (Phi) is 1.92. The van der Waals surface area contributed by atoms with E-state index in [4.69, 9.17) is 4.74 Å². The van der Waals surface area contributed by atoms with E-state index in [0.717, 1.165) is 5.39 Å². The summed E-state index contributed by atoms with van der Waals surface area (Å²) in [4.78, 5) is 22.9. The first-order chi connectivity index (χ1) is 8.20. The minimum Gasteiger partial charge on any atom is -0.497 e. The largest absolute Gasteiger partial charge is 0.497 e. The zero-order valence-corrected chi connectivity index (χ0v) is 9.02. The molecule has 1 aliphatic rings. The smallest absolute Gasteiger partial charge is 0.347 e. The molecule has 0 bridgehead atoms. The maximum Gasteiger partial charge on any atom is 0.347 e. The number of esters is 2. The topological polar surface area (TPSA) is 52.6 Å². The number of ether oxygens (including phenoxy) is 2. The van der Waals surface area contributed by atoms with Crippen molar-refractivity contribution in [3.63, 3.8) is 0 Å². The summed E-state index contributed by atoms with van der Waals surface area (Å²) in [5.41, 5.74) is 0.669. The molecule has 0 fully saturated rings. The summed E-state index contributed by atoms with van der Waals surface area (Å²) in [7, 11) is 1.58. The zero-order valence-electron chi connectivity index (χ0n) is 9.02. The first-order valence-corrected chi connectivity index (χ1v) is 5.08. The van der Waals surface area contributed by atoms with Gasteiger partial charge in [-0.2, -0.15) is 0 Å². The van der Waals surface area contributed by atoms with E-state index in [1.54, 1.807) is 31.4 Å². The maximum absolute atomic E-state index is 11.6. The van der Waals surface area contributed by atoms with Gasteiger partial charge in [0.05, 0.1) is 18.2 Å². The molecule has 0 radical (unpaired) electrons. The Labute approximate surface area is 96.8 Å². The Morgan fingerprint density at radius 1 is 1.06 bits per heavy atom. The first-order valence-electron chi connectivity index (χ1n) is 5.08. The summed E-state index contributed by atoms with van der Waals surface area (Å²) >= 11 is 0. The van der Waals surface area contributed by atoms with Gasteiger partial charge in [0.1, 0.15) is 5.75 Å². The van der Waals surface area contributed by atoms with E-state index in [2.05, 4.69) is 4.74 Å². The highest BCUT2D eigenvalue weighted by molar-refractivity contribution is 6.21. The molecule has 0 unspecified atom stereocenters. The minimum absolute atomic E-state index is 0.327. The summed E-state index contributed by atoms with van der Waals surface area (Å²) in [6.45, 7) is 0. The SMILES string of the molecule is COc1ccc2c3c(ccc2c1)C(=O)OC3=O. The second-order valence-corrected chi connectivity index (χ2v) is 3.75. The Morgan fingerprint density at radius 2 is 1.88 bits per heavy atom. The normalized spacial score (nSPS) is 13.7. The molecule has 0 N–H and O–H groups in total. The highest BCUT2D eigenvalue weighted by atomic mass is 16.6. The fraction of sp³-hybridized carbons (Fsp3) is 0.0769. The molecule has 0 aromatic heterocycles. The van der Waals surface area contributed by atoms with Crippen LogP contribution in [0.15, 0.2) is 30.3 Å². The third kappa shape index (κ3) is 1.30. The molecule has 0 atom stereocenters. The van der Waals surface area contributed by atoms with E-state index < -0.39 is 11.9 Å². The quantitative estimate of drug-likeness (QED) is 0.554. The van der Waals surface area contributed by atoms with Crippen LogP contribution in [0.4, 0.5) is 0 Å². The molecule has 0 spiro atoms. The Hall–Kier alpha value is -2.36. The summed E-state index contributed by atoms with van der Waals surface area (Å²) in [6.07, 6.45) is 0. The standard InChI is InChI=1S/C13H8O4/c1-16-8-3-5-9-7(6-8)2-4-10-11(9)13(15)17-12(10)14/h2-6H,1H3. The van der Waals surface area contributed by atoms with Gasteiger partial charge in [-0.15, -0.1) is 0 Å². The van der Waals surface area contributed by atoms with Gasteiger partial charge in [-0.3, -0.25) is 0 Å². The molecule has 0 aliphatic carbocycles. The summed E-state index contributed by atoms with van der Waals surface area (Å²) in [5, 5.41) is 1.55. The third-order valence-electron chi connectivity index (χ3n) is 2.84. The number of benzene rings is 2.